The van der Waals surface area contributed by atoms with Crippen molar-refractivity contribution in [1.82, 2.24) is 9.88 Å². The lowest BCUT2D eigenvalue weighted by atomic mass is 10.0. The van der Waals surface area contributed by atoms with E-state index in [2.05, 4.69) is 67.9 Å². The lowest BCUT2D eigenvalue weighted by Gasteiger charge is -2.12. The average Bonchev–Trinajstić information content (AvgIpc) is 2.98. The zero-order valence-electron chi connectivity index (χ0n) is 14.2. The van der Waals surface area contributed by atoms with Crippen LogP contribution < -0.4 is 5.32 Å². The number of nitrogens with one attached hydrogen (secondary N) is 1. The number of aryl methyl sites for hydroxylation is 1. The SMILES string of the molecule is Cc1cc(/C=C2\SC(=S)NC2=O)c(C)n1-c1ccc(C(C)C)cc1. The third-order valence-electron chi connectivity index (χ3n) is 4.22. The molecule has 24 heavy (non-hydrogen) atoms. The maximum Gasteiger partial charge on any atom is 0.263 e. The Morgan fingerprint density at radius 3 is 2.42 bits per heavy atom. The molecule has 0 spiro atoms. The highest BCUT2D eigenvalue weighted by molar-refractivity contribution is 8.26. The fraction of sp³-hybridized carbons (Fsp3) is 0.263. The molecule has 0 saturated carbocycles. The number of nitrogens with zero attached hydrogens (tertiary/aromatic N) is 1. The van der Waals surface area contributed by atoms with Gasteiger partial charge in [-0.15, -0.1) is 0 Å². The largest absolute Gasteiger partial charge is 0.318 e. The number of hydrogen-bond donors (Lipinski definition) is 1. The van der Waals surface area contributed by atoms with E-state index in [1.807, 2.05) is 6.08 Å². The maximum absolute atomic E-state index is 11.9. The fourth-order valence-electron chi connectivity index (χ4n) is 2.90. The van der Waals surface area contributed by atoms with Gasteiger partial charge < -0.3 is 9.88 Å². The van der Waals surface area contributed by atoms with Crippen LogP contribution in [0, 0.1) is 13.8 Å². The van der Waals surface area contributed by atoms with Gasteiger partial charge in [-0.3, -0.25) is 4.79 Å². The minimum Gasteiger partial charge on any atom is -0.318 e. The van der Waals surface area contributed by atoms with E-state index in [0.29, 0.717) is 15.1 Å². The molecule has 1 amide bonds. The molecule has 124 valence electrons. The number of aromatic nitrogens is 1. The summed E-state index contributed by atoms with van der Waals surface area (Å²) in [5, 5.41) is 2.66. The van der Waals surface area contributed by atoms with Crippen molar-refractivity contribution >= 4 is 40.3 Å². The number of thioether (sulfide) groups is 1. The van der Waals surface area contributed by atoms with Crippen LogP contribution in [0.3, 0.4) is 0 Å². The fourth-order valence-corrected chi connectivity index (χ4v) is 3.94. The number of benzene rings is 1. The summed E-state index contributed by atoms with van der Waals surface area (Å²) in [5.74, 6) is 0.407. The normalized spacial score (nSPS) is 16.3. The van der Waals surface area contributed by atoms with Crippen LogP contribution in [0.5, 0.6) is 0 Å². The Bertz CT molecular complexity index is 845. The van der Waals surface area contributed by atoms with Crippen LogP contribution in [0.4, 0.5) is 0 Å². The molecule has 1 aromatic carbocycles. The minimum atomic E-state index is -0.115. The summed E-state index contributed by atoms with van der Waals surface area (Å²) in [7, 11) is 0. The van der Waals surface area contributed by atoms with Gasteiger partial charge in [0.25, 0.3) is 5.91 Å². The summed E-state index contributed by atoms with van der Waals surface area (Å²) < 4.78 is 2.73. The van der Waals surface area contributed by atoms with Gasteiger partial charge in [0.2, 0.25) is 0 Å². The lowest BCUT2D eigenvalue weighted by Crippen LogP contribution is -2.17. The molecule has 0 bridgehead atoms. The van der Waals surface area contributed by atoms with Crippen molar-refractivity contribution in [2.24, 2.45) is 0 Å². The Hall–Kier alpha value is -1.85. The van der Waals surface area contributed by atoms with Crippen molar-refractivity contribution in [2.75, 3.05) is 0 Å². The molecule has 0 atom stereocenters. The molecule has 0 radical (unpaired) electrons. The van der Waals surface area contributed by atoms with Crippen LogP contribution in [-0.4, -0.2) is 14.8 Å². The minimum absolute atomic E-state index is 0.115. The van der Waals surface area contributed by atoms with Gasteiger partial charge in [-0.1, -0.05) is 50.0 Å². The highest BCUT2D eigenvalue weighted by Gasteiger charge is 2.23. The number of amides is 1. The Labute approximate surface area is 152 Å². The highest BCUT2D eigenvalue weighted by Crippen LogP contribution is 2.29. The van der Waals surface area contributed by atoms with Gasteiger partial charge in [0, 0.05) is 17.1 Å². The van der Waals surface area contributed by atoms with Crippen molar-refractivity contribution in [2.45, 2.75) is 33.6 Å². The van der Waals surface area contributed by atoms with Gasteiger partial charge in [-0.2, -0.15) is 0 Å². The third-order valence-corrected chi connectivity index (χ3v) is 5.38. The Kier molecular flexibility index (Phi) is 4.65. The highest BCUT2D eigenvalue weighted by atomic mass is 32.2. The van der Waals surface area contributed by atoms with Crippen LogP contribution in [-0.2, 0) is 4.79 Å². The summed E-state index contributed by atoms with van der Waals surface area (Å²) in [6, 6.07) is 10.8. The molecule has 3 nitrogen and oxygen atoms in total. The van der Waals surface area contributed by atoms with E-state index < -0.39 is 0 Å². The maximum atomic E-state index is 11.9. The molecule has 0 unspecified atom stereocenters. The molecule has 2 aromatic rings. The van der Waals surface area contributed by atoms with E-state index in [-0.39, 0.29) is 5.91 Å². The topological polar surface area (TPSA) is 34.0 Å². The Morgan fingerprint density at radius 1 is 1.21 bits per heavy atom. The zero-order chi connectivity index (χ0) is 17.4. The van der Waals surface area contributed by atoms with Crippen LogP contribution in [0.2, 0.25) is 0 Å². The van der Waals surface area contributed by atoms with Crippen molar-refractivity contribution in [3.8, 4) is 5.69 Å². The quantitative estimate of drug-likeness (QED) is 0.639. The predicted octanol–water partition coefficient (Wildman–Crippen LogP) is 4.71. The van der Waals surface area contributed by atoms with Gasteiger partial charge in [-0.25, -0.2) is 0 Å². The van der Waals surface area contributed by atoms with Crippen molar-refractivity contribution in [1.29, 1.82) is 0 Å². The first-order chi connectivity index (χ1) is 11.4. The summed E-state index contributed by atoms with van der Waals surface area (Å²) >= 11 is 6.36. The number of carbonyl (C=O) groups is 1. The second-order valence-corrected chi connectivity index (χ2v) is 7.98. The number of rotatable bonds is 3. The van der Waals surface area contributed by atoms with E-state index >= 15 is 0 Å². The first-order valence-corrected chi connectivity index (χ1v) is 9.13. The van der Waals surface area contributed by atoms with Gasteiger partial charge >= 0.3 is 0 Å². The second kappa shape index (κ2) is 6.57. The Balaban J connectivity index is 1.99. The molecule has 1 saturated heterocycles. The van der Waals surface area contributed by atoms with Crippen LogP contribution in [0.25, 0.3) is 11.8 Å². The molecule has 1 aliphatic heterocycles. The molecule has 2 heterocycles. The second-order valence-electron chi connectivity index (χ2n) is 6.26. The summed E-state index contributed by atoms with van der Waals surface area (Å²) in [6.07, 6.45) is 1.92. The molecule has 1 fully saturated rings. The van der Waals surface area contributed by atoms with Crippen LogP contribution >= 0.6 is 24.0 Å². The monoisotopic (exact) mass is 356 g/mol. The molecule has 5 heteroatoms. The van der Waals surface area contributed by atoms with Crippen LogP contribution in [0.15, 0.2) is 35.2 Å². The summed E-state index contributed by atoms with van der Waals surface area (Å²) in [4.78, 5) is 12.5. The lowest BCUT2D eigenvalue weighted by molar-refractivity contribution is -0.115. The van der Waals surface area contributed by atoms with Crippen molar-refractivity contribution in [3.63, 3.8) is 0 Å². The van der Waals surface area contributed by atoms with E-state index in [4.69, 9.17) is 12.2 Å². The van der Waals surface area contributed by atoms with E-state index in [1.54, 1.807) is 0 Å². The van der Waals surface area contributed by atoms with Crippen molar-refractivity contribution in [3.05, 3.63) is 57.8 Å². The van der Waals surface area contributed by atoms with E-state index in [0.717, 1.165) is 22.6 Å². The van der Waals surface area contributed by atoms with Crippen LogP contribution in [0.1, 0.15) is 42.3 Å². The van der Waals surface area contributed by atoms with Gasteiger partial charge in [-0.05, 0) is 55.2 Å². The molecular formula is C19H20N2OS2. The Morgan fingerprint density at radius 2 is 1.88 bits per heavy atom. The molecule has 1 aliphatic rings. The smallest absolute Gasteiger partial charge is 0.263 e. The number of thiocarbonyl (C=S) groups is 1. The number of hydrogen-bond acceptors (Lipinski definition) is 3. The average molecular weight is 357 g/mol. The molecule has 0 aliphatic carbocycles. The first kappa shape index (κ1) is 17.0. The molecule has 1 aromatic heterocycles. The van der Waals surface area contributed by atoms with Gasteiger partial charge in [0.15, 0.2) is 0 Å². The van der Waals surface area contributed by atoms with E-state index in [9.17, 15) is 4.79 Å². The zero-order valence-corrected chi connectivity index (χ0v) is 15.8. The van der Waals surface area contributed by atoms with Gasteiger partial charge in [0.05, 0.1) is 4.91 Å². The standard InChI is InChI=1S/C19H20N2OS2/c1-11(2)14-5-7-16(8-6-14)21-12(3)9-15(13(21)4)10-17-18(22)20-19(23)24-17/h5-11H,1-4H3,(H,20,22,23)/b17-10-. The van der Waals surface area contributed by atoms with Crippen molar-refractivity contribution < 1.29 is 4.79 Å². The van der Waals surface area contributed by atoms with E-state index in [1.165, 1.54) is 17.3 Å². The summed E-state index contributed by atoms with van der Waals surface area (Å²) in [6.45, 7) is 8.55. The first-order valence-electron chi connectivity index (χ1n) is 7.91. The molecule has 1 N–H and O–H groups in total. The predicted molar refractivity (Wildman–Crippen MR) is 106 cm³/mol. The molecule has 3 rings (SSSR count). The summed E-state index contributed by atoms with van der Waals surface area (Å²) in [5.41, 5.74) is 5.77. The molecular weight excluding hydrogens is 336 g/mol. The number of carbonyl (C=O) groups excluding carboxylic acids is 1. The van der Waals surface area contributed by atoms with Gasteiger partial charge in [0.1, 0.15) is 4.32 Å². The third kappa shape index (κ3) is 3.19.